The monoisotopic (exact) mass is 144 g/mol. The zero-order valence-electron chi connectivity index (χ0n) is 6.64. The van der Waals surface area contributed by atoms with E-state index in [-0.39, 0.29) is 0 Å². The van der Waals surface area contributed by atoms with Gasteiger partial charge in [0, 0.05) is 20.3 Å². The van der Waals surface area contributed by atoms with Gasteiger partial charge in [0.25, 0.3) is 0 Å². The van der Waals surface area contributed by atoms with Crippen LogP contribution in [0.5, 0.6) is 0 Å². The Morgan fingerprint density at radius 3 is 2.80 bits per heavy atom. The highest BCUT2D eigenvalue weighted by molar-refractivity contribution is 4.65. The van der Waals surface area contributed by atoms with Crippen molar-refractivity contribution in [3.8, 4) is 0 Å². The number of hydrogen-bond acceptors (Lipinski definition) is 2. The van der Waals surface area contributed by atoms with Crippen LogP contribution in [-0.4, -0.2) is 26.4 Å². The lowest BCUT2D eigenvalue weighted by molar-refractivity contribution is -0.0560. The Kier molecular flexibility index (Phi) is 3.76. The summed E-state index contributed by atoms with van der Waals surface area (Å²) in [6.07, 6.45) is 5.50. The Hall–Kier alpha value is -0.0800. The Bertz CT molecular complexity index is 79.3. The van der Waals surface area contributed by atoms with Crippen molar-refractivity contribution in [3.63, 3.8) is 0 Å². The Morgan fingerprint density at radius 1 is 1.50 bits per heavy atom. The molecule has 1 saturated heterocycles. The van der Waals surface area contributed by atoms with Crippen LogP contribution >= 0.6 is 0 Å². The van der Waals surface area contributed by atoms with Crippen LogP contribution in [0.3, 0.4) is 0 Å². The lowest BCUT2D eigenvalue weighted by atomic mass is 10.1. The minimum absolute atomic E-state index is 0.580. The number of ether oxygens (including phenoxy) is 2. The SMILES string of the molecule is COCCCCC1CCO1. The van der Waals surface area contributed by atoms with Crippen molar-refractivity contribution in [1.82, 2.24) is 0 Å². The van der Waals surface area contributed by atoms with E-state index in [4.69, 9.17) is 9.47 Å². The lowest BCUT2D eigenvalue weighted by Gasteiger charge is -2.26. The molecule has 10 heavy (non-hydrogen) atoms. The van der Waals surface area contributed by atoms with E-state index in [1.54, 1.807) is 7.11 Å². The third kappa shape index (κ3) is 2.67. The van der Waals surface area contributed by atoms with Gasteiger partial charge in [-0.05, 0) is 25.7 Å². The molecule has 0 bridgehead atoms. The van der Waals surface area contributed by atoms with Crippen LogP contribution in [0.2, 0.25) is 0 Å². The van der Waals surface area contributed by atoms with Crippen molar-refractivity contribution in [1.29, 1.82) is 0 Å². The van der Waals surface area contributed by atoms with Gasteiger partial charge in [0.2, 0.25) is 0 Å². The minimum atomic E-state index is 0.580. The van der Waals surface area contributed by atoms with Gasteiger partial charge in [0.1, 0.15) is 0 Å². The van der Waals surface area contributed by atoms with Crippen molar-refractivity contribution in [2.24, 2.45) is 0 Å². The molecule has 0 saturated carbocycles. The second-order valence-electron chi connectivity index (χ2n) is 2.77. The van der Waals surface area contributed by atoms with Crippen LogP contribution in [0, 0.1) is 0 Å². The summed E-state index contributed by atoms with van der Waals surface area (Å²) in [6.45, 7) is 1.88. The molecule has 1 rings (SSSR count). The Labute approximate surface area is 62.5 Å². The van der Waals surface area contributed by atoms with Crippen molar-refractivity contribution in [2.75, 3.05) is 20.3 Å². The van der Waals surface area contributed by atoms with Crippen molar-refractivity contribution in [3.05, 3.63) is 0 Å². The summed E-state index contributed by atoms with van der Waals surface area (Å²) in [5, 5.41) is 0. The summed E-state index contributed by atoms with van der Waals surface area (Å²) in [5.41, 5.74) is 0. The molecule has 0 radical (unpaired) electrons. The summed E-state index contributed by atoms with van der Waals surface area (Å²) in [4.78, 5) is 0. The highest BCUT2D eigenvalue weighted by Crippen LogP contribution is 2.16. The molecule has 2 nitrogen and oxygen atoms in total. The molecule has 0 N–H and O–H groups in total. The van der Waals surface area contributed by atoms with E-state index in [2.05, 4.69) is 0 Å². The molecular weight excluding hydrogens is 128 g/mol. The zero-order valence-corrected chi connectivity index (χ0v) is 6.64. The van der Waals surface area contributed by atoms with E-state index in [0.29, 0.717) is 6.10 Å². The van der Waals surface area contributed by atoms with E-state index in [1.807, 2.05) is 0 Å². The molecule has 1 aliphatic heterocycles. The summed E-state index contributed by atoms with van der Waals surface area (Å²) in [6, 6.07) is 0. The quantitative estimate of drug-likeness (QED) is 0.545. The standard InChI is InChI=1S/C8H16O2/c1-9-6-3-2-4-8-5-7-10-8/h8H,2-7H2,1H3. The summed E-state index contributed by atoms with van der Waals surface area (Å²) in [5.74, 6) is 0. The fraction of sp³-hybridized carbons (Fsp3) is 1.00. The van der Waals surface area contributed by atoms with Crippen LogP contribution in [0.1, 0.15) is 25.7 Å². The third-order valence-corrected chi connectivity index (χ3v) is 1.92. The first-order valence-corrected chi connectivity index (χ1v) is 4.04. The van der Waals surface area contributed by atoms with Gasteiger partial charge < -0.3 is 9.47 Å². The van der Waals surface area contributed by atoms with Gasteiger partial charge in [0.05, 0.1) is 6.10 Å². The predicted octanol–water partition coefficient (Wildman–Crippen LogP) is 1.59. The van der Waals surface area contributed by atoms with E-state index >= 15 is 0 Å². The van der Waals surface area contributed by atoms with E-state index in [1.165, 1.54) is 25.7 Å². The average Bonchev–Trinajstić information content (AvgIpc) is 1.84. The molecule has 1 fully saturated rings. The highest BCUT2D eigenvalue weighted by Gasteiger charge is 2.16. The highest BCUT2D eigenvalue weighted by atomic mass is 16.5. The zero-order chi connectivity index (χ0) is 7.23. The molecule has 0 aromatic carbocycles. The van der Waals surface area contributed by atoms with Gasteiger partial charge in [0.15, 0.2) is 0 Å². The van der Waals surface area contributed by atoms with Crippen molar-refractivity contribution >= 4 is 0 Å². The first-order chi connectivity index (χ1) is 4.93. The Balaban J connectivity index is 1.76. The largest absolute Gasteiger partial charge is 0.385 e. The van der Waals surface area contributed by atoms with Gasteiger partial charge in [-0.1, -0.05) is 0 Å². The van der Waals surface area contributed by atoms with Crippen LogP contribution < -0.4 is 0 Å². The van der Waals surface area contributed by atoms with Gasteiger partial charge in [-0.15, -0.1) is 0 Å². The molecule has 0 aromatic rings. The molecule has 0 aliphatic carbocycles. The molecule has 60 valence electrons. The smallest absolute Gasteiger partial charge is 0.0597 e. The molecule has 1 unspecified atom stereocenters. The maximum absolute atomic E-state index is 5.27. The Morgan fingerprint density at radius 2 is 2.30 bits per heavy atom. The van der Waals surface area contributed by atoms with Crippen LogP contribution in [0.25, 0.3) is 0 Å². The molecule has 2 heteroatoms. The molecule has 0 amide bonds. The minimum Gasteiger partial charge on any atom is -0.385 e. The van der Waals surface area contributed by atoms with Gasteiger partial charge in [-0.25, -0.2) is 0 Å². The maximum atomic E-state index is 5.27. The normalized spacial score (nSPS) is 24.3. The first kappa shape index (κ1) is 8.02. The van der Waals surface area contributed by atoms with Gasteiger partial charge in [-0.2, -0.15) is 0 Å². The lowest BCUT2D eigenvalue weighted by Crippen LogP contribution is -2.26. The van der Waals surface area contributed by atoms with Crippen LogP contribution in [0.4, 0.5) is 0 Å². The topological polar surface area (TPSA) is 18.5 Å². The molecule has 1 heterocycles. The number of hydrogen-bond donors (Lipinski definition) is 0. The van der Waals surface area contributed by atoms with Crippen LogP contribution in [0.15, 0.2) is 0 Å². The number of methoxy groups -OCH3 is 1. The van der Waals surface area contributed by atoms with E-state index in [0.717, 1.165) is 13.2 Å². The summed E-state index contributed by atoms with van der Waals surface area (Å²) in [7, 11) is 1.75. The summed E-state index contributed by atoms with van der Waals surface area (Å²) >= 11 is 0. The first-order valence-electron chi connectivity index (χ1n) is 4.04. The second-order valence-corrected chi connectivity index (χ2v) is 2.77. The average molecular weight is 144 g/mol. The summed E-state index contributed by atoms with van der Waals surface area (Å²) < 4.78 is 10.2. The van der Waals surface area contributed by atoms with E-state index < -0.39 is 0 Å². The van der Waals surface area contributed by atoms with Gasteiger partial charge >= 0.3 is 0 Å². The fourth-order valence-corrected chi connectivity index (χ4v) is 1.13. The third-order valence-electron chi connectivity index (χ3n) is 1.92. The fourth-order valence-electron chi connectivity index (χ4n) is 1.13. The van der Waals surface area contributed by atoms with Crippen LogP contribution in [-0.2, 0) is 9.47 Å². The molecule has 1 aliphatic rings. The number of rotatable bonds is 5. The molecule has 1 atom stereocenters. The van der Waals surface area contributed by atoms with Crippen molar-refractivity contribution < 1.29 is 9.47 Å². The number of unbranched alkanes of at least 4 members (excludes halogenated alkanes) is 1. The molecule has 0 spiro atoms. The second kappa shape index (κ2) is 4.69. The molecule has 0 aromatic heterocycles. The van der Waals surface area contributed by atoms with Crippen molar-refractivity contribution in [2.45, 2.75) is 31.8 Å². The molecular formula is C8H16O2. The predicted molar refractivity (Wildman–Crippen MR) is 40.1 cm³/mol. The van der Waals surface area contributed by atoms with E-state index in [9.17, 15) is 0 Å². The van der Waals surface area contributed by atoms with Gasteiger partial charge in [-0.3, -0.25) is 0 Å². The maximum Gasteiger partial charge on any atom is 0.0597 e.